The third kappa shape index (κ3) is 2.48. The van der Waals surface area contributed by atoms with Crippen LogP contribution in [0.4, 0.5) is 0 Å². The molecule has 1 heterocycles. The fourth-order valence-electron chi connectivity index (χ4n) is 1.76. The molecule has 1 nitrogen and oxygen atoms in total. The van der Waals surface area contributed by atoms with Crippen LogP contribution in [0, 0.1) is 0 Å². The van der Waals surface area contributed by atoms with Crippen LogP contribution in [0.5, 0.6) is 0 Å². The van der Waals surface area contributed by atoms with Crippen molar-refractivity contribution in [1.29, 1.82) is 0 Å². The van der Waals surface area contributed by atoms with E-state index in [2.05, 4.69) is 50.1 Å². The van der Waals surface area contributed by atoms with E-state index < -0.39 is 0 Å². The maximum atomic E-state index is 2.33. The molecule has 1 heteroatoms. The molecule has 0 aromatic rings. The number of hydrogen-bond donors (Lipinski definition) is 0. The Hall–Kier alpha value is -0.980. The molecule has 0 N–H and O–H groups in total. The van der Waals surface area contributed by atoms with Gasteiger partial charge in [-0.15, -0.1) is 0 Å². The maximum absolute atomic E-state index is 2.33. The van der Waals surface area contributed by atoms with Crippen LogP contribution in [0.2, 0.25) is 0 Å². The first-order valence-corrected chi connectivity index (χ1v) is 4.99. The minimum atomic E-state index is 1.18. The lowest BCUT2D eigenvalue weighted by Gasteiger charge is -2.27. The Morgan fingerprint density at radius 3 is 2.46 bits per heavy atom. The van der Waals surface area contributed by atoms with Crippen molar-refractivity contribution in [3.05, 3.63) is 35.6 Å². The van der Waals surface area contributed by atoms with Crippen LogP contribution in [0.3, 0.4) is 0 Å². The summed E-state index contributed by atoms with van der Waals surface area (Å²) in [7, 11) is 2.16. The first kappa shape index (κ1) is 10.1. The zero-order chi connectivity index (χ0) is 9.68. The Balaban J connectivity index is 2.96. The van der Waals surface area contributed by atoms with E-state index in [0.29, 0.717) is 0 Å². The van der Waals surface area contributed by atoms with Gasteiger partial charge in [0.05, 0.1) is 0 Å². The first-order valence-electron chi connectivity index (χ1n) is 4.99. The Labute approximate surface area is 81.4 Å². The third-order valence-corrected chi connectivity index (χ3v) is 2.37. The van der Waals surface area contributed by atoms with Crippen LogP contribution in [0.25, 0.3) is 0 Å². The molecule has 0 bridgehead atoms. The van der Waals surface area contributed by atoms with Crippen molar-refractivity contribution in [2.45, 2.75) is 26.7 Å². The van der Waals surface area contributed by atoms with Crippen molar-refractivity contribution in [3.8, 4) is 0 Å². The number of likely N-dealkylation sites (N-methyl/N-ethyl adjacent to an activating group) is 1. The summed E-state index contributed by atoms with van der Waals surface area (Å²) in [6, 6.07) is 0. The average Bonchev–Trinajstić information content (AvgIpc) is 2.11. The molecule has 0 radical (unpaired) electrons. The molecular formula is C12H19N. The van der Waals surface area contributed by atoms with E-state index >= 15 is 0 Å². The summed E-state index contributed by atoms with van der Waals surface area (Å²) in [5.41, 5.74) is 2.85. The monoisotopic (exact) mass is 177 g/mol. The zero-order valence-electron chi connectivity index (χ0n) is 8.88. The van der Waals surface area contributed by atoms with Gasteiger partial charge in [0.25, 0.3) is 0 Å². The quantitative estimate of drug-likeness (QED) is 0.626. The summed E-state index contributed by atoms with van der Waals surface area (Å²) in [6.45, 7) is 5.33. The van der Waals surface area contributed by atoms with Gasteiger partial charge in [-0.25, -0.2) is 0 Å². The van der Waals surface area contributed by atoms with Crippen molar-refractivity contribution < 1.29 is 0 Å². The lowest BCUT2D eigenvalue weighted by Crippen LogP contribution is -2.23. The highest BCUT2D eigenvalue weighted by molar-refractivity contribution is 5.33. The fraction of sp³-hybridized carbons (Fsp3) is 0.500. The Morgan fingerprint density at radius 1 is 1.15 bits per heavy atom. The van der Waals surface area contributed by atoms with Crippen LogP contribution in [0.15, 0.2) is 35.6 Å². The molecule has 0 saturated carbocycles. The van der Waals surface area contributed by atoms with Gasteiger partial charge < -0.3 is 4.90 Å². The highest BCUT2D eigenvalue weighted by Crippen LogP contribution is 2.22. The van der Waals surface area contributed by atoms with E-state index in [1.165, 1.54) is 30.7 Å². The third-order valence-electron chi connectivity index (χ3n) is 2.37. The highest BCUT2D eigenvalue weighted by atomic mass is 15.1. The summed E-state index contributed by atoms with van der Waals surface area (Å²) in [5, 5.41) is 0. The largest absolute Gasteiger partial charge is 0.374 e. The molecule has 0 aromatic heterocycles. The Bertz CT molecular complexity index is 246. The lowest BCUT2D eigenvalue weighted by molar-refractivity contribution is 0.394. The van der Waals surface area contributed by atoms with E-state index in [-0.39, 0.29) is 0 Å². The summed E-state index contributed by atoms with van der Waals surface area (Å²) in [6.07, 6.45) is 11.2. The summed E-state index contributed by atoms with van der Waals surface area (Å²) in [5.74, 6) is 0. The molecule has 1 aliphatic rings. The van der Waals surface area contributed by atoms with Crippen LogP contribution >= 0.6 is 0 Å². The van der Waals surface area contributed by atoms with Crippen molar-refractivity contribution in [1.82, 2.24) is 4.90 Å². The molecule has 0 saturated heterocycles. The second-order valence-electron chi connectivity index (χ2n) is 3.44. The van der Waals surface area contributed by atoms with E-state index in [1.807, 2.05) is 0 Å². The average molecular weight is 177 g/mol. The van der Waals surface area contributed by atoms with Gasteiger partial charge in [0.2, 0.25) is 0 Å². The molecule has 0 unspecified atom stereocenters. The number of allylic oxidation sites excluding steroid dienone is 5. The van der Waals surface area contributed by atoms with Crippen molar-refractivity contribution in [3.63, 3.8) is 0 Å². The van der Waals surface area contributed by atoms with E-state index in [0.717, 1.165) is 0 Å². The van der Waals surface area contributed by atoms with Gasteiger partial charge in [0, 0.05) is 19.3 Å². The second-order valence-corrected chi connectivity index (χ2v) is 3.44. The summed E-state index contributed by atoms with van der Waals surface area (Å²) in [4.78, 5) is 2.33. The van der Waals surface area contributed by atoms with Crippen LogP contribution in [0.1, 0.15) is 26.7 Å². The topological polar surface area (TPSA) is 3.24 Å². The fourth-order valence-corrected chi connectivity index (χ4v) is 1.76. The molecule has 0 aromatic carbocycles. The predicted octanol–water partition coefficient (Wildman–Crippen LogP) is 3.12. The van der Waals surface area contributed by atoms with Crippen molar-refractivity contribution in [2.24, 2.45) is 0 Å². The lowest BCUT2D eigenvalue weighted by atomic mass is 10.0. The smallest absolute Gasteiger partial charge is 0.0392 e. The molecule has 0 amide bonds. The summed E-state index contributed by atoms with van der Waals surface area (Å²) >= 11 is 0. The van der Waals surface area contributed by atoms with Gasteiger partial charge in [-0.3, -0.25) is 0 Å². The van der Waals surface area contributed by atoms with Crippen LogP contribution in [-0.4, -0.2) is 18.5 Å². The first-order chi connectivity index (χ1) is 6.29. The SMILES string of the molecule is C/C=C\C1=C(/C=C\C)N(C)CCC1. The van der Waals surface area contributed by atoms with Gasteiger partial charge >= 0.3 is 0 Å². The molecule has 1 rings (SSSR count). The van der Waals surface area contributed by atoms with E-state index in [9.17, 15) is 0 Å². The van der Waals surface area contributed by atoms with Crippen molar-refractivity contribution in [2.75, 3.05) is 13.6 Å². The van der Waals surface area contributed by atoms with Gasteiger partial charge in [-0.2, -0.15) is 0 Å². The van der Waals surface area contributed by atoms with Crippen LogP contribution in [-0.2, 0) is 0 Å². The van der Waals surface area contributed by atoms with E-state index in [1.54, 1.807) is 0 Å². The minimum absolute atomic E-state index is 1.18. The molecular weight excluding hydrogens is 158 g/mol. The minimum Gasteiger partial charge on any atom is -0.374 e. The predicted molar refractivity (Wildman–Crippen MR) is 58.5 cm³/mol. The molecule has 0 aliphatic carbocycles. The number of nitrogens with zero attached hydrogens (tertiary/aromatic N) is 1. The molecule has 1 aliphatic heterocycles. The number of hydrogen-bond acceptors (Lipinski definition) is 1. The Kier molecular flexibility index (Phi) is 3.81. The molecule has 13 heavy (non-hydrogen) atoms. The molecule has 72 valence electrons. The van der Waals surface area contributed by atoms with Gasteiger partial charge in [-0.05, 0) is 38.3 Å². The van der Waals surface area contributed by atoms with Crippen LogP contribution < -0.4 is 0 Å². The van der Waals surface area contributed by atoms with Gasteiger partial charge in [0.1, 0.15) is 0 Å². The zero-order valence-corrected chi connectivity index (χ0v) is 8.88. The van der Waals surface area contributed by atoms with Gasteiger partial charge in [0.15, 0.2) is 0 Å². The van der Waals surface area contributed by atoms with Crippen molar-refractivity contribution >= 4 is 0 Å². The Morgan fingerprint density at radius 2 is 1.85 bits per heavy atom. The normalized spacial score (nSPS) is 19.5. The molecule has 0 fully saturated rings. The second kappa shape index (κ2) is 4.90. The van der Waals surface area contributed by atoms with Gasteiger partial charge in [-0.1, -0.05) is 18.2 Å². The maximum Gasteiger partial charge on any atom is 0.0392 e. The molecule has 0 atom stereocenters. The number of rotatable bonds is 2. The highest BCUT2D eigenvalue weighted by Gasteiger charge is 2.11. The molecule has 0 spiro atoms. The van der Waals surface area contributed by atoms with E-state index in [4.69, 9.17) is 0 Å². The summed E-state index contributed by atoms with van der Waals surface area (Å²) < 4.78 is 0. The standard InChI is InChI=1S/C12H19N/c1-4-7-11-9-6-10-13(3)12(11)8-5-2/h4-5,7-8H,6,9-10H2,1-3H3/b7-4-,8-5-.